The molecule has 0 bridgehead atoms. The van der Waals surface area contributed by atoms with Crippen molar-refractivity contribution in [2.75, 3.05) is 0 Å². The summed E-state index contributed by atoms with van der Waals surface area (Å²) in [7, 11) is 0. The number of rotatable bonds is 2. The molecule has 1 aromatic rings. The third-order valence-corrected chi connectivity index (χ3v) is 2.66. The van der Waals surface area contributed by atoms with E-state index in [4.69, 9.17) is 5.26 Å². The molecule has 1 saturated carbocycles. The number of phenols is 1. The molecule has 0 aromatic heterocycles. The van der Waals surface area contributed by atoms with Crippen molar-refractivity contribution in [3.8, 4) is 11.8 Å². The first-order chi connectivity index (χ1) is 7.09. The number of nitriles is 1. The number of phenolic OH excluding ortho intramolecular Hbond substituents is 1. The van der Waals surface area contributed by atoms with Crippen LogP contribution in [-0.2, 0) is 5.41 Å². The maximum Gasteiger partial charge on any atom is 0.274 e. The molecule has 0 saturated heterocycles. The van der Waals surface area contributed by atoms with Crippen LogP contribution in [0.1, 0.15) is 18.4 Å². The van der Waals surface area contributed by atoms with Crippen molar-refractivity contribution in [2.24, 2.45) is 0 Å². The van der Waals surface area contributed by atoms with Gasteiger partial charge >= 0.3 is 0 Å². The SMILES string of the molecule is N#CC1(c2cc(O)ccc2[N+](=O)[O-])CC1. The smallest absolute Gasteiger partial charge is 0.274 e. The Kier molecular flexibility index (Phi) is 1.86. The van der Waals surface area contributed by atoms with E-state index in [2.05, 4.69) is 6.07 Å². The van der Waals surface area contributed by atoms with Crippen molar-refractivity contribution in [1.82, 2.24) is 0 Å². The van der Waals surface area contributed by atoms with Gasteiger partial charge in [-0.2, -0.15) is 5.26 Å². The molecule has 0 atom stereocenters. The van der Waals surface area contributed by atoms with Gasteiger partial charge in [-0.3, -0.25) is 10.1 Å². The Balaban J connectivity index is 2.59. The highest BCUT2D eigenvalue weighted by Gasteiger charge is 2.49. The van der Waals surface area contributed by atoms with E-state index < -0.39 is 10.3 Å². The molecule has 1 N–H and O–H groups in total. The zero-order valence-electron chi connectivity index (χ0n) is 7.80. The van der Waals surface area contributed by atoms with Crippen LogP contribution in [0.3, 0.4) is 0 Å². The van der Waals surface area contributed by atoms with Crippen LogP contribution < -0.4 is 0 Å². The molecule has 0 radical (unpaired) electrons. The van der Waals surface area contributed by atoms with Crippen LogP contribution in [0, 0.1) is 21.4 Å². The van der Waals surface area contributed by atoms with E-state index in [1.165, 1.54) is 18.2 Å². The summed E-state index contributed by atoms with van der Waals surface area (Å²) in [6, 6.07) is 5.89. The van der Waals surface area contributed by atoms with Crippen molar-refractivity contribution in [1.29, 1.82) is 5.26 Å². The Morgan fingerprint density at radius 3 is 2.67 bits per heavy atom. The van der Waals surface area contributed by atoms with E-state index in [1.54, 1.807) is 0 Å². The van der Waals surface area contributed by atoms with Gasteiger partial charge in [0.15, 0.2) is 0 Å². The number of benzene rings is 1. The molecule has 1 aromatic carbocycles. The summed E-state index contributed by atoms with van der Waals surface area (Å²) >= 11 is 0. The fraction of sp³-hybridized carbons (Fsp3) is 0.300. The highest BCUT2D eigenvalue weighted by Crippen LogP contribution is 2.51. The number of nitro groups is 1. The predicted octanol–water partition coefficient (Wildman–Crippen LogP) is 1.86. The average Bonchev–Trinajstić information content (AvgIpc) is 2.97. The quantitative estimate of drug-likeness (QED) is 0.588. The van der Waals surface area contributed by atoms with Gasteiger partial charge in [0.05, 0.1) is 22.0 Å². The Morgan fingerprint density at radius 1 is 1.53 bits per heavy atom. The minimum absolute atomic E-state index is 0.0443. The molecule has 5 heteroatoms. The molecule has 0 heterocycles. The monoisotopic (exact) mass is 204 g/mol. The summed E-state index contributed by atoms with van der Waals surface area (Å²) in [5, 5.41) is 29.0. The second-order valence-electron chi connectivity index (χ2n) is 3.65. The molecule has 5 nitrogen and oxygen atoms in total. The van der Waals surface area contributed by atoms with E-state index in [0.717, 1.165) is 0 Å². The van der Waals surface area contributed by atoms with Gasteiger partial charge in [-0.1, -0.05) is 0 Å². The Morgan fingerprint density at radius 2 is 2.20 bits per heavy atom. The molecule has 0 unspecified atom stereocenters. The standard InChI is InChI=1S/C10H8N2O3/c11-6-10(3-4-10)8-5-7(13)1-2-9(8)12(14)15/h1-2,5,13H,3-4H2. The Labute approximate surface area is 85.7 Å². The summed E-state index contributed by atoms with van der Waals surface area (Å²) in [6.45, 7) is 0. The third-order valence-electron chi connectivity index (χ3n) is 2.66. The summed E-state index contributed by atoms with van der Waals surface area (Å²) in [6.07, 6.45) is 1.24. The van der Waals surface area contributed by atoms with Crippen LogP contribution >= 0.6 is 0 Å². The lowest BCUT2D eigenvalue weighted by molar-refractivity contribution is -0.385. The molecule has 76 valence electrons. The maximum atomic E-state index is 10.7. The van der Waals surface area contributed by atoms with E-state index >= 15 is 0 Å². The third kappa shape index (κ3) is 1.40. The molecule has 15 heavy (non-hydrogen) atoms. The number of hydrogen-bond acceptors (Lipinski definition) is 4. The molecule has 1 aliphatic carbocycles. The molecule has 1 aliphatic rings. The van der Waals surface area contributed by atoms with Crippen LogP contribution in [0.4, 0.5) is 5.69 Å². The van der Waals surface area contributed by atoms with Gasteiger partial charge in [-0.25, -0.2) is 0 Å². The summed E-state index contributed by atoms with van der Waals surface area (Å²) in [4.78, 5) is 10.2. The van der Waals surface area contributed by atoms with Crippen LogP contribution in [0.2, 0.25) is 0 Å². The minimum atomic E-state index is -0.749. The molecular formula is C10H8N2O3. The zero-order valence-corrected chi connectivity index (χ0v) is 7.80. The predicted molar refractivity (Wildman–Crippen MR) is 51.3 cm³/mol. The number of nitro benzene ring substituents is 1. The molecule has 0 spiro atoms. The normalized spacial score (nSPS) is 16.7. The van der Waals surface area contributed by atoms with Gasteiger partial charge in [0, 0.05) is 6.07 Å². The first-order valence-corrected chi connectivity index (χ1v) is 4.48. The van der Waals surface area contributed by atoms with Crippen LogP contribution in [0.15, 0.2) is 18.2 Å². The molecule has 1 fully saturated rings. The lowest BCUT2D eigenvalue weighted by atomic mass is 9.95. The fourth-order valence-electron chi connectivity index (χ4n) is 1.63. The molecule has 2 rings (SSSR count). The van der Waals surface area contributed by atoms with Crippen molar-refractivity contribution >= 4 is 5.69 Å². The number of hydrogen-bond donors (Lipinski definition) is 1. The van der Waals surface area contributed by atoms with Gasteiger partial charge < -0.3 is 5.11 Å². The van der Waals surface area contributed by atoms with E-state index in [1.807, 2.05) is 0 Å². The Bertz CT molecular complexity index is 472. The van der Waals surface area contributed by atoms with Crippen molar-refractivity contribution in [3.63, 3.8) is 0 Å². The molecule has 0 amide bonds. The first kappa shape index (κ1) is 9.46. The lowest BCUT2D eigenvalue weighted by Crippen LogP contribution is -2.06. The van der Waals surface area contributed by atoms with E-state index in [0.29, 0.717) is 18.4 Å². The van der Waals surface area contributed by atoms with E-state index in [9.17, 15) is 15.2 Å². The van der Waals surface area contributed by atoms with Crippen LogP contribution in [-0.4, -0.2) is 10.0 Å². The Hall–Kier alpha value is -2.09. The first-order valence-electron chi connectivity index (χ1n) is 4.48. The zero-order chi connectivity index (χ0) is 11.1. The van der Waals surface area contributed by atoms with Gasteiger partial charge in [0.25, 0.3) is 5.69 Å². The van der Waals surface area contributed by atoms with Crippen molar-refractivity contribution < 1.29 is 10.0 Å². The van der Waals surface area contributed by atoms with E-state index in [-0.39, 0.29) is 11.4 Å². The van der Waals surface area contributed by atoms with Gasteiger partial charge in [-0.15, -0.1) is 0 Å². The summed E-state index contributed by atoms with van der Waals surface area (Å²) in [5.74, 6) is -0.0443. The molecule has 0 aliphatic heterocycles. The largest absolute Gasteiger partial charge is 0.508 e. The number of aromatic hydroxyl groups is 1. The number of nitrogens with zero attached hydrogens (tertiary/aromatic N) is 2. The van der Waals surface area contributed by atoms with Gasteiger partial charge in [-0.05, 0) is 25.0 Å². The van der Waals surface area contributed by atoms with Crippen LogP contribution in [0.5, 0.6) is 5.75 Å². The fourth-order valence-corrected chi connectivity index (χ4v) is 1.63. The van der Waals surface area contributed by atoms with Crippen LogP contribution in [0.25, 0.3) is 0 Å². The van der Waals surface area contributed by atoms with Crippen molar-refractivity contribution in [2.45, 2.75) is 18.3 Å². The highest BCUT2D eigenvalue weighted by atomic mass is 16.6. The average molecular weight is 204 g/mol. The van der Waals surface area contributed by atoms with Crippen molar-refractivity contribution in [3.05, 3.63) is 33.9 Å². The maximum absolute atomic E-state index is 10.7. The second kappa shape index (κ2) is 2.95. The minimum Gasteiger partial charge on any atom is -0.508 e. The van der Waals surface area contributed by atoms with Gasteiger partial charge in [0.1, 0.15) is 5.75 Å². The summed E-state index contributed by atoms with van der Waals surface area (Å²) in [5.41, 5.74) is -0.511. The van der Waals surface area contributed by atoms with Gasteiger partial charge in [0.2, 0.25) is 0 Å². The highest BCUT2D eigenvalue weighted by molar-refractivity contribution is 5.54. The summed E-state index contributed by atoms with van der Waals surface area (Å²) < 4.78 is 0. The lowest BCUT2D eigenvalue weighted by Gasteiger charge is -2.07. The topological polar surface area (TPSA) is 87.2 Å². The molecular weight excluding hydrogens is 196 g/mol. The second-order valence-corrected chi connectivity index (χ2v) is 3.65.